The normalized spacial score (nSPS) is 23.7. The number of carbonyl (C=O) groups is 1. The maximum atomic E-state index is 12.6. The van der Waals surface area contributed by atoms with Gasteiger partial charge in [0, 0.05) is 25.7 Å². The smallest absolute Gasteiger partial charge is 0.244 e. The Morgan fingerprint density at radius 1 is 1.10 bits per heavy atom. The van der Waals surface area contributed by atoms with Crippen LogP contribution in [0.5, 0.6) is 0 Å². The summed E-state index contributed by atoms with van der Waals surface area (Å²) < 4.78 is 0. The number of rotatable bonds is 6. The van der Waals surface area contributed by atoms with Gasteiger partial charge in [0.1, 0.15) is 6.54 Å². The number of guanidine groups is 1. The molecule has 160 valence electrons. The molecule has 0 bridgehead atoms. The van der Waals surface area contributed by atoms with Crippen molar-refractivity contribution >= 4 is 11.9 Å². The Balaban J connectivity index is 1.43. The first-order valence-corrected chi connectivity index (χ1v) is 11.2. The summed E-state index contributed by atoms with van der Waals surface area (Å²) in [5, 5.41) is 16.3. The highest BCUT2D eigenvalue weighted by Gasteiger charge is 2.23. The number of piperidine rings is 1. The van der Waals surface area contributed by atoms with Crippen molar-refractivity contribution in [1.82, 2.24) is 15.5 Å². The summed E-state index contributed by atoms with van der Waals surface area (Å²) in [4.78, 5) is 19.1. The lowest BCUT2D eigenvalue weighted by atomic mass is 9.90. The first kappa shape index (κ1) is 21.6. The van der Waals surface area contributed by atoms with Gasteiger partial charge in [-0.15, -0.1) is 0 Å². The summed E-state index contributed by atoms with van der Waals surface area (Å²) in [5.74, 6) is 1.48. The molecular weight excluding hydrogens is 364 g/mol. The minimum absolute atomic E-state index is 0.111. The largest absolute Gasteiger partial charge is 0.393 e. The van der Waals surface area contributed by atoms with Crippen LogP contribution in [0.25, 0.3) is 0 Å². The molecule has 1 aliphatic heterocycles. The number of hydrogen-bond donors (Lipinski definition) is 3. The Morgan fingerprint density at radius 2 is 1.79 bits per heavy atom. The van der Waals surface area contributed by atoms with E-state index in [0.29, 0.717) is 17.9 Å². The molecule has 0 aromatic heterocycles. The van der Waals surface area contributed by atoms with E-state index in [2.05, 4.69) is 46.0 Å². The number of nitrogens with one attached hydrogen (secondary N) is 2. The molecule has 29 heavy (non-hydrogen) atoms. The highest BCUT2D eigenvalue weighted by molar-refractivity contribution is 5.85. The average Bonchev–Trinajstić information content (AvgIpc) is 2.75. The van der Waals surface area contributed by atoms with Crippen molar-refractivity contribution in [3.63, 3.8) is 0 Å². The minimum Gasteiger partial charge on any atom is -0.393 e. The second kappa shape index (κ2) is 11.2. The van der Waals surface area contributed by atoms with Crippen LogP contribution in [0.2, 0.25) is 0 Å². The monoisotopic (exact) mass is 400 g/mol. The van der Waals surface area contributed by atoms with Crippen molar-refractivity contribution in [1.29, 1.82) is 0 Å². The predicted molar refractivity (Wildman–Crippen MR) is 117 cm³/mol. The van der Waals surface area contributed by atoms with Crippen LogP contribution in [0.4, 0.5) is 0 Å². The number of aliphatic hydroxyl groups is 1. The van der Waals surface area contributed by atoms with Crippen molar-refractivity contribution < 1.29 is 9.90 Å². The third kappa shape index (κ3) is 7.03. The molecule has 1 saturated heterocycles. The lowest BCUT2D eigenvalue weighted by molar-refractivity contribution is -0.130. The number of aliphatic hydroxyl groups excluding tert-OH is 1. The molecule has 1 amide bonds. The van der Waals surface area contributed by atoms with Gasteiger partial charge in [0.25, 0.3) is 0 Å². The van der Waals surface area contributed by atoms with E-state index in [9.17, 15) is 9.90 Å². The third-order valence-corrected chi connectivity index (χ3v) is 6.09. The molecule has 2 aliphatic rings. The average molecular weight is 401 g/mol. The fourth-order valence-electron chi connectivity index (χ4n) is 4.31. The zero-order valence-electron chi connectivity index (χ0n) is 17.6. The van der Waals surface area contributed by atoms with E-state index in [0.717, 1.165) is 64.6 Å². The second-order valence-electron chi connectivity index (χ2n) is 8.36. The summed E-state index contributed by atoms with van der Waals surface area (Å²) >= 11 is 0. The fourth-order valence-corrected chi connectivity index (χ4v) is 4.31. The Bertz CT molecular complexity index is 648. The van der Waals surface area contributed by atoms with E-state index in [4.69, 9.17) is 0 Å². The number of benzene rings is 1. The summed E-state index contributed by atoms with van der Waals surface area (Å²) in [5.41, 5.74) is 1.39. The zero-order valence-corrected chi connectivity index (χ0v) is 17.6. The zero-order chi connectivity index (χ0) is 20.5. The molecule has 6 heteroatoms. The Kier molecular flexibility index (Phi) is 8.35. The Hall–Kier alpha value is -2.08. The van der Waals surface area contributed by atoms with Gasteiger partial charge in [-0.2, -0.15) is 0 Å². The van der Waals surface area contributed by atoms with E-state index < -0.39 is 0 Å². The molecule has 0 radical (unpaired) electrons. The van der Waals surface area contributed by atoms with Crippen molar-refractivity contribution in [2.75, 3.05) is 26.2 Å². The molecule has 0 spiro atoms. The van der Waals surface area contributed by atoms with E-state index in [1.165, 1.54) is 5.56 Å². The highest BCUT2D eigenvalue weighted by Crippen LogP contribution is 2.22. The highest BCUT2D eigenvalue weighted by atomic mass is 16.3. The van der Waals surface area contributed by atoms with E-state index in [1.54, 1.807) is 0 Å². The Morgan fingerprint density at radius 3 is 2.45 bits per heavy atom. The van der Waals surface area contributed by atoms with Gasteiger partial charge in [0.15, 0.2) is 5.96 Å². The van der Waals surface area contributed by atoms with E-state index >= 15 is 0 Å². The fraction of sp³-hybridized carbons (Fsp3) is 0.652. The van der Waals surface area contributed by atoms with Gasteiger partial charge in [-0.25, -0.2) is 4.99 Å². The van der Waals surface area contributed by atoms with Crippen LogP contribution in [-0.2, 0) is 11.2 Å². The number of carbonyl (C=O) groups excluding carboxylic acids is 1. The number of nitrogens with zero attached hydrogens (tertiary/aromatic N) is 2. The molecule has 1 heterocycles. The number of likely N-dealkylation sites (tertiary alicyclic amines) is 1. The molecule has 3 rings (SSSR count). The van der Waals surface area contributed by atoms with Gasteiger partial charge in [0.05, 0.1) is 6.10 Å². The van der Waals surface area contributed by atoms with Crippen LogP contribution in [0.1, 0.15) is 51.0 Å². The maximum Gasteiger partial charge on any atom is 0.244 e. The molecule has 6 nitrogen and oxygen atoms in total. The van der Waals surface area contributed by atoms with Crippen LogP contribution in [-0.4, -0.2) is 60.2 Å². The van der Waals surface area contributed by atoms with Crippen LogP contribution >= 0.6 is 0 Å². The predicted octanol–water partition coefficient (Wildman–Crippen LogP) is 2.33. The summed E-state index contributed by atoms with van der Waals surface area (Å²) in [6.07, 6.45) is 6.59. The van der Waals surface area contributed by atoms with Gasteiger partial charge in [-0.1, -0.05) is 30.3 Å². The van der Waals surface area contributed by atoms with Crippen LogP contribution in [0, 0.1) is 5.92 Å². The van der Waals surface area contributed by atoms with Gasteiger partial charge in [-0.3, -0.25) is 4.79 Å². The van der Waals surface area contributed by atoms with Crippen LogP contribution < -0.4 is 10.6 Å². The minimum atomic E-state index is -0.168. The third-order valence-electron chi connectivity index (χ3n) is 6.09. The lowest BCUT2D eigenvalue weighted by Crippen LogP contribution is -2.46. The number of hydrogen-bond acceptors (Lipinski definition) is 3. The van der Waals surface area contributed by atoms with Gasteiger partial charge < -0.3 is 20.6 Å². The quantitative estimate of drug-likeness (QED) is 0.506. The molecule has 2 fully saturated rings. The number of aliphatic imine (C=N–C) groups is 1. The summed E-state index contributed by atoms with van der Waals surface area (Å²) in [6, 6.07) is 10.9. The molecule has 1 saturated carbocycles. The van der Waals surface area contributed by atoms with Gasteiger partial charge in [-0.05, 0) is 63.4 Å². The molecule has 1 aliphatic carbocycles. The molecule has 0 unspecified atom stereocenters. The van der Waals surface area contributed by atoms with E-state index in [1.807, 2.05) is 11.8 Å². The molecule has 0 atom stereocenters. The first-order chi connectivity index (χ1) is 14.1. The van der Waals surface area contributed by atoms with Crippen molar-refractivity contribution in [2.24, 2.45) is 10.9 Å². The van der Waals surface area contributed by atoms with Crippen molar-refractivity contribution in [3.8, 4) is 0 Å². The second-order valence-corrected chi connectivity index (χ2v) is 8.36. The SMILES string of the molecule is CCNC(=NCC(=O)N1CCC(Cc2ccccc2)CC1)NC1CCC(O)CC1. The summed E-state index contributed by atoms with van der Waals surface area (Å²) in [7, 11) is 0. The van der Waals surface area contributed by atoms with Gasteiger partial charge in [0.2, 0.25) is 5.91 Å². The summed E-state index contributed by atoms with van der Waals surface area (Å²) in [6.45, 7) is 4.64. The van der Waals surface area contributed by atoms with Crippen LogP contribution in [0.3, 0.4) is 0 Å². The maximum absolute atomic E-state index is 12.6. The van der Waals surface area contributed by atoms with Crippen LogP contribution in [0.15, 0.2) is 35.3 Å². The van der Waals surface area contributed by atoms with E-state index in [-0.39, 0.29) is 18.6 Å². The standard InChI is InChI=1S/C23H36N4O2/c1-2-24-23(26-20-8-10-21(28)11-9-20)25-17-22(29)27-14-12-19(13-15-27)16-18-6-4-3-5-7-18/h3-7,19-21,28H,2,8-17H2,1H3,(H2,24,25,26). The van der Waals surface area contributed by atoms with Crippen molar-refractivity contribution in [2.45, 2.75) is 64.0 Å². The number of amides is 1. The van der Waals surface area contributed by atoms with Crippen molar-refractivity contribution in [3.05, 3.63) is 35.9 Å². The molecule has 1 aromatic carbocycles. The molecule has 3 N–H and O–H groups in total. The lowest BCUT2D eigenvalue weighted by Gasteiger charge is -2.32. The first-order valence-electron chi connectivity index (χ1n) is 11.2. The Labute approximate surface area is 174 Å². The molecular formula is C23H36N4O2. The topological polar surface area (TPSA) is 77.0 Å². The molecule has 1 aromatic rings. The van der Waals surface area contributed by atoms with Gasteiger partial charge >= 0.3 is 0 Å².